The van der Waals surface area contributed by atoms with Crippen LogP contribution in [0, 0.1) is 6.92 Å². The number of rotatable bonds is 8. The fourth-order valence-corrected chi connectivity index (χ4v) is 4.38. The van der Waals surface area contributed by atoms with Gasteiger partial charge in [-0.2, -0.15) is 0 Å². The van der Waals surface area contributed by atoms with Gasteiger partial charge in [0.1, 0.15) is 0 Å². The minimum absolute atomic E-state index is 0.117. The van der Waals surface area contributed by atoms with Gasteiger partial charge in [-0.3, -0.25) is 4.79 Å². The number of sulfonamides is 1. The molecule has 0 saturated heterocycles. The first-order chi connectivity index (χ1) is 12.4. The summed E-state index contributed by atoms with van der Waals surface area (Å²) in [5, 5.41) is 6.40. The van der Waals surface area contributed by atoms with Crippen LogP contribution >= 0.6 is 0 Å². The molecule has 2 rings (SSSR count). The molecular formula is C19H31N3O3S. The number of amides is 1. The van der Waals surface area contributed by atoms with E-state index in [1.165, 1.54) is 50.7 Å². The summed E-state index contributed by atoms with van der Waals surface area (Å²) in [5.74, 6) is -0.237. The normalized spacial score (nSPS) is 16.2. The smallest absolute Gasteiger partial charge is 0.251 e. The molecule has 26 heavy (non-hydrogen) atoms. The third-order valence-electron chi connectivity index (χ3n) is 4.80. The van der Waals surface area contributed by atoms with Crippen LogP contribution in [0.5, 0.6) is 0 Å². The van der Waals surface area contributed by atoms with E-state index in [2.05, 4.69) is 15.4 Å². The summed E-state index contributed by atoms with van der Waals surface area (Å²) in [6.45, 7) is 5.09. The summed E-state index contributed by atoms with van der Waals surface area (Å²) in [4.78, 5) is 12.6. The second kappa shape index (κ2) is 10.0. The van der Waals surface area contributed by atoms with Crippen molar-refractivity contribution in [1.29, 1.82) is 0 Å². The molecule has 146 valence electrons. The van der Waals surface area contributed by atoms with Gasteiger partial charge in [-0.1, -0.05) is 38.7 Å². The molecule has 0 spiro atoms. The lowest BCUT2D eigenvalue weighted by Gasteiger charge is -2.16. The van der Waals surface area contributed by atoms with Crippen LogP contribution in [-0.2, 0) is 10.0 Å². The maximum Gasteiger partial charge on any atom is 0.251 e. The number of aryl methyl sites for hydroxylation is 1. The Balaban J connectivity index is 1.90. The van der Waals surface area contributed by atoms with Crippen molar-refractivity contribution in [2.75, 3.05) is 19.6 Å². The molecule has 0 atom stereocenters. The molecule has 0 unspecified atom stereocenters. The molecular weight excluding hydrogens is 350 g/mol. The predicted octanol–water partition coefficient (Wildman–Crippen LogP) is 2.34. The highest BCUT2D eigenvalue weighted by atomic mass is 32.2. The van der Waals surface area contributed by atoms with Crippen molar-refractivity contribution in [3.05, 3.63) is 29.3 Å². The molecule has 1 aliphatic rings. The van der Waals surface area contributed by atoms with E-state index in [-0.39, 0.29) is 10.8 Å². The lowest BCUT2D eigenvalue weighted by atomic mass is 10.1. The Labute approximate surface area is 157 Å². The maximum absolute atomic E-state index is 12.5. The summed E-state index contributed by atoms with van der Waals surface area (Å²) in [6, 6.07) is 5.19. The zero-order valence-corrected chi connectivity index (χ0v) is 16.6. The molecule has 1 aliphatic carbocycles. The van der Waals surface area contributed by atoms with Gasteiger partial charge in [0.25, 0.3) is 5.91 Å². The van der Waals surface area contributed by atoms with Gasteiger partial charge in [0.05, 0.1) is 4.90 Å². The van der Waals surface area contributed by atoms with Crippen molar-refractivity contribution < 1.29 is 13.2 Å². The molecule has 1 saturated carbocycles. The number of nitrogens with one attached hydrogen (secondary N) is 3. The molecule has 3 N–H and O–H groups in total. The van der Waals surface area contributed by atoms with Crippen molar-refractivity contribution in [1.82, 2.24) is 15.4 Å². The van der Waals surface area contributed by atoms with E-state index in [1.807, 2.05) is 6.92 Å². The van der Waals surface area contributed by atoms with E-state index in [0.29, 0.717) is 24.7 Å². The van der Waals surface area contributed by atoms with E-state index >= 15 is 0 Å². The fourth-order valence-electron chi connectivity index (χ4n) is 3.32. The van der Waals surface area contributed by atoms with Crippen LogP contribution in [0.3, 0.4) is 0 Å². The van der Waals surface area contributed by atoms with Crippen LogP contribution in [0.2, 0.25) is 0 Å². The van der Waals surface area contributed by atoms with Crippen molar-refractivity contribution in [2.24, 2.45) is 0 Å². The van der Waals surface area contributed by atoms with E-state index in [0.717, 1.165) is 12.1 Å². The number of carbonyl (C=O) groups is 1. The third kappa shape index (κ3) is 6.07. The van der Waals surface area contributed by atoms with Crippen LogP contribution in [0.15, 0.2) is 23.1 Å². The molecule has 7 heteroatoms. The van der Waals surface area contributed by atoms with Crippen molar-refractivity contribution in [3.63, 3.8) is 0 Å². The lowest BCUT2D eigenvalue weighted by molar-refractivity contribution is 0.0952. The first kappa shape index (κ1) is 20.9. The second-order valence-electron chi connectivity index (χ2n) is 6.88. The van der Waals surface area contributed by atoms with E-state index in [9.17, 15) is 13.2 Å². The number of carbonyl (C=O) groups excluding carboxylic acids is 1. The van der Waals surface area contributed by atoms with Gasteiger partial charge < -0.3 is 10.6 Å². The second-order valence-corrected chi connectivity index (χ2v) is 8.64. The first-order valence-corrected chi connectivity index (χ1v) is 11.0. The Morgan fingerprint density at radius 2 is 1.81 bits per heavy atom. The molecule has 0 bridgehead atoms. The Morgan fingerprint density at radius 1 is 1.12 bits per heavy atom. The average molecular weight is 382 g/mol. The quantitative estimate of drug-likeness (QED) is 0.476. The summed E-state index contributed by atoms with van der Waals surface area (Å²) < 4.78 is 26.7. The molecule has 1 fully saturated rings. The fraction of sp³-hybridized carbons (Fsp3) is 0.632. The van der Waals surface area contributed by atoms with Gasteiger partial charge >= 0.3 is 0 Å². The molecule has 0 radical (unpaired) electrons. The zero-order valence-electron chi connectivity index (χ0n) is 15.8. The largest absolute Gasteiger partial charge is 0.351 e. The van der Waals surface area contributed by atoms with Gasteiger partial charge in [0, 0.05) is 31.2 Å². The number of benzene rings is 1. The molecule has 0 aliphatic heterocycles. The monoisotopic (exact) mass is 381 g/mol. The molecule has 0 heterocycles. The highest BCUT2D eigenvalue weighted by molar-refractivity contribution is 7.89. The molecule has 1 aromatic carbocycles. The highest BCUT2D eigenvalue weighted by Gasteiger charge is 2.17. The van der Waals surface area contributed by atoms with Crippen LogP contribution in [0.4, 0.5) is 0 Å². The Kier molecular flexibility index (Phi) is 8.06. The highest BCUT2D eigenvalue weighted by Crippen LogP contribution is 2.17. The van der Waals surface area contributed by atoms with E-state index in [1.54, 1.807) is 13.0 Å². The maximum atomic E-state index is 12.5. The summed E-state index contributed by atoms with van der Waals surface area (Å²) in [6.07, 6.45) is 7.60. The molecule has 1 amide bonds. The summed E-state index contributed by atoms with van der Waals surface area (Å²) in [7, 11) is -3.57. The average Bonchev–Trinajstić information content (AvgIpc) is 2.87. The Hall–Kier alpha value is -1.44. The van der Waals surface area contributed by atoms with Crippen LogP contribution < -0.4 is 15.4 Å². The van der Waals surface area contributed by atoms with Crippen LogP contribution in [0.1, 0.15) is 61.4 Å². The van der Waals surface area contributed by atoms with Crippen molar-refractivity contribution >= 4 is 15.9 Å². The number of hydrogen-bond donors (Lipinski definition) is 3. The van der Waals surface area contributed by atoms with Gasteiger partial charge in [-0.05, 0) is 37.5 Å². The molecule has 0 aromatic heterocycles. The van der Waals surface area contributed by atoms with Crippen molar-refractivity contribution in [3.8, 4) is 0 Å². The van der Waals surface area contributed by atoms with E-state index < -0.39 is 10.0 Å². The summed E-state index contributed by atoms with van der Waals surface area (Å²) >= 11 is 0. The van der Waals surface area contributed by atoms with Gasteiger partial charge in [-0.15, -0.1) is 0 Å². The van der Waals surface area contributed by atoms with Gasteiger partial charge in [0.15, 0.2) is 0 Å². The standard InChI is InChI=1S/C19H31N3O3S/c1-3-22-26(24,25)17-11-10-15(2)18(14-17)19(23)21-13-12-20-16-8-6-4-5-7-9-16/h10-11,14,16,20,22H,3-9,12-13H2,1-2H3,(H,21,23). The topological polar surface area (TPSA) is 87.3 Å². The lowest BCUT2D eigenvalue weighted by Crippen LogP contribution is -2.37. The van der Waals surface area contributed by atoms with Crippen molar-refractivity contribution in [2.45, 2.75) is 63.3 Å². The van der Waals surface area contributed by atoms with Gasteiger partial charge in [-0.25, -0.2) is 13.1 Å². The first-order valence-electron chi connectivity index (χ1n) is 9.56. The molecule has 6 nitrogen and oxygen atoms in total. The number of hydrogen-bond acceptors (Lipinski definition) is 4. The Bertz CT molecular complexity index is 696. The Morgan fingerprint density at radius 3 is 2.46 bits per heavy atom. The minimum atomic E-state index is -3.57. The van der Waals surface area contributed by atoms with Crippen LogP contribution in [0.25, 0.3) is 0 Å². The van der Waals surface area contributed by atoms with Crippen LogP contribution in [-0.4, -0.2) is 40.0 Å². The van der Waals surface area contributed by atoms with E-state index in [4.69, 9.17) is 0 Å². The zero-order chi connectivity index (χ0) is 19.0. The summed E-state index contributed by atoms with van der Waals surface area (Å²) in [5.41, 5.74) is 1.16. The minimum Gasteiger partial charge on any atom is -0.351 e. The predicted molar refractivity (Wildman–Crippen MR) is 104 cm³/mol. The molecule has 1 aromatic rings. The van der Waals surface area contributed by atoms with Gasteiger partial charge in [0.2, 0.25) is 10.0 Å². The SMILES string of the molecule is CCNS(=O)(=O)c1ccc(C)c(C(=O)NCCNC2CCCCCC2)c1. The third-order valence-corrected chi connectivity index (χ3v) is 6.34.